The van der Waals surface area contributed by atoms with E-state index < -0.39 is 21.6 Å². The van der Waals surface area contributed by atoms with Gasteiger partial charge in [-0.05, 0) is 41.3 Å². The zero-order valence-corrected chi connectivity index (χ0v) is 21.1. The summed E-state index contributed by atoms with van der Waals surface area (Å²) in [5, 5.41) is 7.42. The maximum Gasteiger partial charge on any atom is 0.306 e. The minimum absolute atomic E-state index is 0.226. The first-order chi connectivity index (χ1) is 17.6. The van der Waals surface area contributed by atoms with Crippen LogP contribution in [-0.4, -0.2) is 65.5 Å². The summed E-state index contributed by atoms with van der Waals surface area (Å²) in [6.45, 7) is 2.50. The van der Waals surface area contributed by atoms with Crippen molar-refractivity contribution in [1.82, 2.24) is 14.9 Å². The lowest BCUT2D eigenvalue weighted by atomic mass is 9.81. The molecule has 0 amide bonds. The highest BCUT2D eigenvalue weighted by Crippen LogP contribution is 2.42. The number of hydrogen-bond acceptors (Lipinski definition) is 10. The predicted octanol–water partition coefficient (Wildman–Crippen LogP) is 2.25. The van der Waals surface area contributed by atoms with E-state index in [0.29, 0.717) is 12.5 Å². The van der Waals surface area contributed by atoms with Crippen LogP contribution in [0.1, 0.15) is 24.5 Å². The lowest BCUT2D eigenvalue weighted by Crippen LogP contribution is -2.46. The Morgan fingerprint density at radius 1 is 1.08 bits per heavy atom. The first-order valence-electron chi connectivity index (χ1n) is 11.3. The van der Waals surface area contributed by atoms with E-state index in [-0.39, 0.29) is 5.75 Å². The number of hydrogen-bond donors (Lipinski definition) is 2. The van der Waals surface area contributed by atoms with E-state index in [1.54, 1.807) is 36.7 Å². The number of carboxylic acid groups (broad SMARTS) is 1. The number of aliphatic imine (C=N–C) groups is 2. The molecule has 2 aliphatic heterocycles. The molecule has 1 unspecified atom stereocenters. The Kier molecular flexibility index (Phi) is 7.21. The van der Waals surface area contributed by atoms with E-state index in [0.717, 1.165) is 54.2 Å². The van der Waals surface area contributed by atoms with Gasteiger partial charge in [-0.1, -0.05) is 30.3 Å². The van der Waals surface area contributed by atoms with Crippen molar-refractivity contribution >= 4 is 27.9 Å². The number of fused-ring (bicyclic) bond motifs is 1. The molecule has 0 spiro atoms. The molecular formula is C25H26N6O5S. The van der Waals surface area contributed by atoms with Crippen molar-refractivity contribution in [2.45, 2.75) is 18.9 Å². The number of aliphatic carboxylic acids is 1. The minimum atomic E-state index is -3.63. The van der Waals surface area contributed by atoms with Crippen LogP contribution in [0, 0.1) is 0 Å². The van der Waals surface area contributed by atoms with E-state index in [1.807, 2.05) is 29.2 Å². The summed E-state index contributed by atoms with van der Waals surface area (Å²) in [5.41, 5.74) is 8.90. The standard InChI is InChI=1S/C23H22N6O3S.C2H4O2/c1-33(30,31)32-20-8-6-18(7-9-20)23(21-27-10-3-11-29(21)22(24)28-23)19-5-2-4-16(12-19)17-13-25-15-26-14-17;1-2(3)4/h2,4-9,12-15H,3,10-11H2,1H3,(H2,24,28);1H3,(H,3,4). The molecule has 0 bridgehead atoms. The van der Waals surface area contributed by atoms with Crippen molar-refractivity contribution in [2.75, 3.05) is 19.3 Å². The van der Waals surface area contributed by atoms with E-state index in [1.165, 1.54) is 6.33 Å². The number of guanidine groups is 1. The van der Waals surface area contributed by atoms with Gasteiger partial charge >= 0.3 is 10.1 Å². The summed E-state index contributed by atoms with van der Waals surface area (Å²) in [6.07, 6.45) is 6.90. The fourth-order valence-corrected chi connectivity index (χ4v) is 4.73. The van der Waals surface area contributed by atoms with Crippen LogP contribution in [0.4, 0.5) is 0 Å². The zero-order chi connectivity index (χ0) is 26.6. The maximum atomic E-state index is 11.5. The fraction of sp³-hybridized carbons (Fsp3) is 0.240. The van der Waals surface area contributed by atoms with Crippen LogP contribution in [0.2, 0.25) is 0 Å². The number of amidine groups is 1. The van der Waals surface area contributed by atoms with Gasteiger partial charge in [-0.25, -0.2) is 15.0 Å². The van der Waals surface area contributed by atoms with Crippen LogP contribution in [0.5, 0.6) is 5.75 Å². The van der Waals surface area contributed by atoms with E-state index >= 15 is 0 Å². The molecule has 0 aliphatic carbocycles. The summed E-state index contributed by atoms with van der Waals surface area (Å²) in [4.78, 5) is 29.0. The molecule has 0 saturated heterocycles. The monoisotopic (exact) mass is 522 g/mol. The van der Waals surface area contributed by atoms with Gasteiger partial charge in [0.2, 0.25) is 0 Å². The van der Waals surface area contributed by atoms with Crippen LogP contribution in [0.3, 0.4) is 0 Å². The molecule has 2 aromatic carbocycles. The third-order valence-electron chi connectivity index (χ3n) is 5.63. The van der Waals surface area contributed by atoms with Gasteiger partial charge in [-0.15, -0.1) is 0 Å². The molecule has 0 saturated carbocycles. The summed E-state index contributed by atoms with van der Waals surface area (Å²) in [6, 6.07) is 14.8. The molecule has 1 atom stereocenters. The molecule has 1 aromatic heterocycles. The molecule has 3 heterocycles. The van der Waals surface area contributed by atoms with Gasteiger partial charge < -0.3 is 15.0 Å². The van der Waals surface area contributed by atoms with Crippen LogP contribution in [0.15, 0.2) is 77.2 Å². The second kappa shape index (κ2) is 10.3. The fourth-order valence-electron chi connectivity index (χ4n) is 4.27. The van der Waals surface area contributed by atoms with Crippen molar-refractivity contribution in [3.63, 3.8) is 0 Å². The molecule has 2 aliphatic rings. The van der Waals surface area contributed by atoms with Crippen molar-refractivity contribution < 1.29 is 22.5 Å². The van der Waals surface area contributed by atoms with Crippen molar-refractivity contribution in [1.29, 1.82) is 0 Å². The molecule has 0 fully saturated rings. The quantitative estimate of drug-likeness (QED) is 0.479. The van der Waals surface area contributed by atoms with E-state index in [2.05, 4.69) is 9.97 Å². The lowest BCUT2D eigenvalue weighted by molar-refractivity contribution is -0.134. The van der Waals surface area contributed by atoms with Crippen LogP contribution >= 0.6 is 0 Å². The number of nitrogens with two attached hydrogens (primary N) is 1. The van der Waals surface area contributed by atoms with Crippen LogP contribution in [-0.2, 0) is 20.5 Å². The molecule has 3 aromatic rings. The van der Waals surface area contributed by atoms with Gasteiger partial charge in [0.25, 0.3) is 5.97 Å². The van der Waals surface area contributed by atoms with Crippen molar-refractivity contribution in [3.8, 4) is 16.9 Å². The molecular weight excluding hydrogens is 496 g/mol. The smallest absolute Gasteiger partial charge is 0.306 e. The predicted molar refractivity (Wildman–Crippen MR) is 139 cm³/mol. The third-order valence-corrected chi connectivity index (χ3v) is 6.13. The Balaban J connectivity index is 0.000000747. The lowest BCUT2D eigenvalue weighted by Gasteiger charge is -2.33. The summed E-state index contributed by atoms with van der Waals surface area (Å²) < 4.78 is 28.1. The first-order valence-corrected chi connectivity index (χ1v) is 13.1. The molecule has 11 nitrogen and oxygen atoms in total. The topological polar surface area (TPSA) is 160 Å². The Labute approximate surface area is 214 Å². The van der Waals surface area contributed by atoms with Crippen LogP contribution in [0.25, 0.3) is 11.1 Å². The average molecular weight is 523 g/mol. The second-order valence-corrected chi connectivity index (χ2v) is 10.0. The molecule has 0 radical (unpaired) electrons. The maximum absolute atomic E-state index is 11.5. The van der Waals surface area contributed by atoms with Gasteiger partial charge in [0.1, 0.15) is 17.9 Å². The molecule has 3 N–H and O–H groups in total. The Morgan fingerprint density at radius 2 is 1.76 bits per heavy atom. The average Bonchev–Trinajstić information content (AvgIpc) is 3.17. The first kappa shape index (κ1) is 25.8. The largest absolute Gasteiger partial charge is 0.481 e. The van der Waals surface area contributed by atoms with Crippen molar-refractivity contribution in [3.05, 3.63) is 78.4 Å². The number of benzene rings is 2. The van der Waals surface area contributed by atoms with Crippen LogP contribution < -0.4 is 9.92 Å². The molecule has 5 rings (SSSR count). The number of carbonyl (C=O) groups is 1. The third kappa shape index (κ3) is 5.59. The number of carboxylic acids is 1. The van der Waals surface area contributed by atoms with E-state index in [4.69, 9.17) is 29.8 Å². The number of rotatable bonds is 5. The van der Waals surface area contributed by atoms with Gasteiger partial charge in [0.15, 0.2) is 11.5 Å². The molecule has 12 heteroatoms. The zero-order valence-electron chi connectivity index (χ0n) is 20.3. The minimum Gasteiger partial charge on any atom is -0.481 e. The normalized spacial score (nSPS) is 18.6. The highest BCUT2D eigenvalue weighted by Gasteiger charge is 2.49. The highest BCUT2D eigenvalue weighted by molar-refractivity contribution is 7.86. The Morgan fingerprint density at radius 3 is 2.41 bits per heavy atom. The molecule has 192 valence electrons. The number of aromatic nitrogens is 2. The Hall–Kier alpha value is -4.32. The van der Waals surface area contributed by atoms with Gasteiger partial charge in [0, 0.05) is 38.0 Å². The van der Waals surface area contributed by atoms with Gasteiger partial charge in [-0.2, -0.15) is 8.42 Å². The Bertz CT molecular complexity index is 1450. The molecule has 37 heavy (non-hydrogen) atoms. The van der Waals surface area contributed by atoms with Gasteiger partial charge in [0.05, 0.1) is 6.26 Å². The highest BCUT2D eigenvalue weighted by atomic mass is 32.2. The summed E-state index contributed by atoms with van der Waals surface area (Å²) in [5.74, 6) is 0.548. The second-order valence-electron chi connectivity index (χ2n) is 8.43. The van der Waals surface area contributed by atoms with Gasteiger partial charge in [-0.3, -0.25) is 14.7 Å². The summed E-state index contributed by atoms with van der Waals surface area (Å²) in [7, 11) is -3.63. The SMILES string of the molecule is CC(=O)O.CS(=O)(=O)Oc1ccc(C2(c3cccc(-c4cncnc4)c3)N=C(N)N3CCCN=C32)cc1. The summed E-state index contributed by atoms with van der Waals surface area (Å²) >= 11 is 0. The van der Waals surface area contributed by atoms with E-state index in [9.17, 15) is 8.42 Å². The van der Waals surface area contributed by atoms with Crippen molar-refractivity contribution in [2.24, 2.45) is 15.7 Å². The number of nitrogens with zero attached hydrogens (tertiary/aromatic N) is 5.